The predicted octanol–water partition coefficient (Wildman–Crippen LogP) is 0.323. The van der Waals surface area contributed by atoms with Crippen LogP contribution >= 0.6 is 0 Å². The van der Waals surface area contributed by atoms with Gasteiger partial charge in [-0.05, 0) is 38.5 Å². The number of anilines is 1. The van der Waals surface area contributed by atoms with Crippen LogP contribution < -0.4 is 15.8 Å². The van der Waals surface area contributed by atoms with Crippen LogP contribution in [0.1, 0.15) is 36.7 Å². The quantitative estimate of drug-likeness (QED) is 0.739. The van der Waals surface area contributed by atoms with Crippen LogP contribution in [-0.4, -0.2) is 32.0 Å². The molecule has 0 fully saturated rings. The average molecular weight is 325 g/mol. The van der Waals surface area contributed by atoms with Crippen LogP contribution in [0, 0.1) is 0 Å². The van der Waals surface area contributed by atoms with Crippen LogP contribution in [0.5, 0.6) is 0 Å². The summed E-state index contributed by atoms with van der Waals surface area (Å²) in [6.45, 7) is 4.96. The maximum Gasteiger partial charge on any atom is 0.251 e. The molecule has 0 aromatic heterocycles. The second-order valence-corrected chi connectivity index (χ2v) is 7.93. The Bertz CT molecular complexity index is 740. The molecule has 1 unspecified atom stereocenters. The van der Waals surface area contributed by atoms with E-state index in [0.29, 0.717) is 11.3 Å². The van der Waals surface area contributed by atoms with Gasteiger partial charge in [0.15, 0.2) is 0 Å². The Balaban J connectivity index is 2.14. The third-order valence-corrected chi connectivity index (χ3v) is 5.17. The molecule has 8 heteroatoms. The maximum atomic E-state index is 12.1. The summed E-state index contributed by atoms with van der Waals surface area (Å²) in [4.78, 5) is 23.9. The monoisotopic (exact) mass is 325 g/mol. The lowest BCUT2D eigenvalue weighted by atomic mass is 9.86. The summed E-state index contributed by atoms with van der Waals surface area (Å²) in [5, 5.41) is 9.38. The van der Waals surface area contributed by atoms with Crippen molar-refractivity contribution in [3.8, 4) is 0 Å². The third-order valence-electron chi connectivity index (χ3n) is 3.88. The molecule has 22 heavy (non-hydrogen) atoms. The third kappa shape index (κ3) is 2.97. The number of carbonyl (C=O) groups excluding carboxylic acids is 2. The molecule has 0 saturated carbocycles. The normalized spacial score (nSPS) is 17.5. The number of hydrogen-bond acceptors (Lipinski definition) is 4. The number of carbonyl (C=O) groups is 2. The number of hydrogen-bond donors (Lipinski definition) is 3. The van der Waals surface area contributed by atoms with Crippen molar-refractivity contribution in [2.24, 2.45) is 5.14 Å². The van der Waals surface area contributed by atoms with E-state index in [9.17, 15) is 18.0 Å². The van der Waals surface area contributed by atoms with Crippen molar-refractivity contribution in [3.05, 3.63) is 29.3 Å². The molecule has 1 aliphatic heterocycles. The molecule has 1 atom stereocenters. The molecule has 0 aliphatic carbocycles. The lowest BCUT2D eigenvalue weighted by Crippen LogP contribution is -2.38. The SMILES string of the molecule is CC(CNC(=O)c1ccc2c(c1)NC(=O)C2(C)C)S(N)(=O)=O. The minimum absolute atomic E-state index is 0.0768. The molecule has 0 saturated heterocycles. The maximum absolute atomic E-state index is 12.1. The van der Waals surface area contributed by atoms with Gasteiger partial charge in [-0.3, -0.25) is 9.59 Å². The van der Waals surface area contributed by atoms with E-state index in [1.807, 2.05) is 13.8 Å². The van der Waals surface area contributed by atoms with E-state index in [1.165, 1.54) is 6.92 Å². The fourth-order valence-corrected chi connectivity index (χ4v) is 2.51. The zero-order valence-corrected chi connectivity index (χ0v) is 13.5. The fraction of sp³-hybridized carbons (Fsp3) is 0.429. The van der Waals surface area contributed by atoms with Gasteiger partial charge in [0.05, 0.1) is 10.7 Å². The van der Waals surface area contributed by atoms with Crippen molar-refractivity contribution in [3.63, 3.8) is 0 Å². The highest BCUT2D eigenvalue weighted by Crippen LogP contribution is 2.37. The number of amides is 2. The van der Waals surface area contributed by atoms with Crippen molar-refractivity contribution < 1.29 is 18.0 Å². The van der Waals surface area contributed by atoms with E-state index in [-0.39, 0.29) is 12.5 Å². The van der Waals surface area contributed by atoms with E-state index in [2.05, 4.69) is 10.6 Å². The van der Waals surface area contributed by atoms with E-state index in [1.54, 1.807) is 18.2 Å². The molecule has 7 nitrogen and oxygen atoms in total. The highest BCUT2D eigenvalue weighted by Gasteiger charge is 2.38. The summed E-state index contributed by atoms with van der Waals surface area (Å²) >= 11 is 0. The summed E-state index contributed by atoms with van der Waals surface area (Å²) in [6.07, 6.45) is 0. The van der Waals surface area contributed by atoms with Gasteiger partial charge in [0.1, 0.15) is 0 Å². The van der Waals surface area contributed by atoms with Crippen molar-refractivity contribution >= 4 is 27.5 Å². The second-order valence-electron chi connectivity index (χ2n) is 5.95. The Labute approximate surface area is 129 Å². The Morgan fingerprint density at radius 3 is 2.64 bits per heavy atom. The molecular weight excluding hydrogens is 306 g/mol. The molecular formula is C14H19N3O4S. The van der Waals surface area contributed by atoms with E-state index < -0.39 is 26.6 Å². The van der Waals surface area contributed by atoms with Gasteiger partial charge in [-0.25, -0.2) is 13.6 Å². The largest absolute Gasteiger partial charge is 0.351 e. The van der Waals surface area contributed by atoms with Crippen LogP contribution in [0.2, 0.25) is 0 Å². The van der Waals surface area contributed by atoms with Crippen LogP contribution in [0.15, 0.2) is 18.2 Å². The lowest BCUT2D eigenvalue weighted by Gasteiger charge is -2.15. The van der Waals surface area contributed by atoms with Gasteiger partial charge in [0, 0.05) is 17.8 Å². The molecule has 2 rings (SSSR count). The number of nitrogens with one attached hydrogen (secondary N) is 2. The minimum Gasteiger partial charge on any atom is -0.351 e. The smallest absolute Gasteiger partial charge is 0.251 e. The zero-order chi connectivity index (χ0) is 16.7. The first-order chi connectivity index (χ1) is 10.0. The number of fused-ring (bicyclic) bond motifs is 1. The van der Waals surface area contributed by atoms with Crippen molar-refractivity contribution in [1.82, 2.24) is 5.32 Å². The molecule has 1 aromatic carbocycles. The van der Waals surface area contributed by atoms with Crippen LogP contribution in [0.25, 0.3) is 0 Å². The minimum atomic E-state index is -3.68. The number of sulfonamides is 1. The molecule has 0 radical (unpaired) electrons. The molecule has 120 valence electrons. The molecule has 1 aromatic rings. The first-order valence-electron chi connectivity index (χ1n) is 6.79. The van der Waals surface area contributed by atoms with Gasteiger partial charge >= 0.3 is 0 Å². The van der Waals surface area contributed by atoms with Crippen molar-refractivity contribution in [2.75, 3.05) is 11.9 Å². The lowest BCUT2D eigenvalue weighted by molar-refractivity contribution is -0.119. The molecule has 2 amide bonds. The number of rotatable bonds is 4. The first kappa shape index (κ1) is 16.4. The molecule has 1 aliphatic rings. The molecule has 0 bridgehead atoms. The van der Waals surface area contributed by atoms with Crippen molar-refractivity contribution in [1.29, 1.82) is 0 Å². The zero-order valence-electron chi connectivity index (χ0n) is 12.6. The van der Waals surface area contributed by atoms with Crippen LogP contribution in [0.4, 0.5) is 5.69 Å². The van der Waals surface area contributed by atoms with E-state index >= 15 is 0 Å². The van der Waals surface area contributed by atoms with Gasteiger partial charge in [-0.1, -0.05) is 6.07 Å². The van der Waals surface area contributed by atoms with E-state index in [4.69, 9.17) is 5.14 Å². The topological polar surface area (TPSA) is 118 Å². The van der Waals surface area contributed by atoms with Gasteiger partial charge < -0.3 is 10.6 Å². The summed E-state index contributed by atoms with van der Waals surface area (Å²) < 4.78 is 22.2. The van der Waals surface area contributed by atoms with E-state index in [0.717, 1.165) is 5.56 Å². The Kier molecular flexibility index (Phi) is 4.01. The molecule has 0 spiro atoms. The first-order valence-corrected chi connectivity index (χ1v) is 8.40. The van der Waals surface area contributed by atoms with Crippen LogP contribution in [-0.2, 0) is 20.2 Å². The number of nitrogens with two attached hydrogens (primary N) is 1. The van der Waals surface area contributed by atoms with Crippen molar-refractivity contribution in [2.45, 2.75) is 31.4 Å². The van der Waals surface area contributed by atoms with Gasteiger partial charge in [-0.2, -0.15) is 0 Å². The Morgan fingerprint density at radius 2 is 2.05 bits per heavy atom. The Morgan fingerprint density at radius 1 is 1.41 bits per heavy atom. The number of benzene rings is 1. The van der Waals surface area contributed by atoms with Gasteiger partial charge in [-0.15, -0.1) is 0 Å². The summed E-state index contributed by atoms with van der Waals surface area (Å²) in [7, 11) is -3.68. The summed E-state index contributed by atoms with van der Waals surface area (Å²) in [5.74, 6) is -0.542. The summed E-state index contributed by atoms with van der Waals surface area (Å²) in [6, 6.07) is 4.92. The standard InChI is InChI=1S/C14H19N3O4S/c1-8(22(15,20)21)7-16-12(18)9-4-5-10-11(6-9)17-13(19)14(10,2)3/h4-6,8H,7H2,1-3H3,(H,16,18)(H,17,19)(H2,15,20,21). The fourth-order valence-electron chi connectivity index (χ4n) is 2.19. The molecule has 4 N–H and O–H groups in total. The van der Waals surface area contributed by atoms with Gasteiger partial charge in [0.25, 0.3) is 5.91 Å². The molecule has 1 heterocycles. The average Bonchev–Trinajstić information content (AvgIpc) is 2.64. The van der Waals surface area contributed by atoms with Crippen LogP contribution in [0.3, 0.4) is 0 Å². The Hall–Kier alpha value is -1.93. The number of primary sulfonamides is 1. The second kappa shape index (κ2) is 5.36. The highest BCUT2D eigenvalue weighted by atomic mass is 32.2. The van der Waals surface area contributed by atoms with Gasteiger partial charge in [0.2, 0.25) is 15.9 Å². The summed E-state index contributed by atoms with van der Waals surface area (Å²) in [5.41, 5.74) is 1.14. The predicted molar refractivity (Wildman–Crippen MR) is 83.0 cm³/mol. The highest BCUT2D eigenvalue weighted by molar-refractivity contribution is 7.89.